The number of esters is 1. The average Bonchev–Trinajstić information content (AvgIpc) is 2.63. The number of rotatable bonds is 4. The number of nitriles is 1. The minimum Gasteiger partial charge on any atom is -0.507 e. The molecule has 0 unspecified atom stereocenters. The molecule has 0 atom stereocenters. The smallest absolute Gasteiger partial charge is 0.360 e. The van der Waals surface area contributed by atoms with Gasteiger partial charge in [-0.05, 0) is 18.4 Å². The lowest BCUT2D eigenvalue weighted by atomic mass is 10.0. The van der Waals surface area contributed by atoms with Crippen LogP contribution < -0.4 is 10.9 Å². The highest BCUT2D eigenvalue weighted by Crippen LogP contribution is 2.32. The number of hydrogen-bond acceptors (Lipinski definition) is 7. The Kier molecular flexibility index (Phi) is 4.58. The number of ether oxygens (including phenoxy) is 1. The topological polar surface area (TPSA) is 113 Å². The zero-order valence-corrected chi connectivity index (χ0v) is 13.8. The highest BCUT2D eigenvalue weighted by atomic mass is 16.5. The number of nitrogens with zero attached hydrogens (tertiary/aromatic N) is 1. The lowest BCUT2D eigenvalue weighted by molar-refractivity contribution is -0.138. The van der Waals surface area contributed by atoms with Gasteiger partial charge in [0.05, 0.1) is 6.61 Å². The molecule has 0 bridgehead atoms. The van der Waals surface area contributed by atoms with Crippen LogP contribution in [0.2, 0.25) is 0 Å². The number of fused-ring (bicyclic) bond motifs is 3. The van der Waals surface area contributed by atoms with E-state index in [-0.39, 0.29) is 29.2 Å². The fraction of sp³-hybridized carbons (Fsp3) is 0.105. The molecule has 130 valence electrons. The van der Waals surface area contributed by atoms with Crippen molar-refractivity contribution in [2.75, 3.05) is 11.9 Å². The van der Waals surface area contributed by atoms with E-state index in [2.05, 4.69) is 5.32 Å². The second kappa shape index (κ2) is 6.99. The summed E-state index contributed by atoms with van der Waals surface area (Å²) in [6, 6.07) is 11.7. The maximum absolute atomic E-state index is 12.1. The van der Waals surface area contributed by atoms with Crippen LogP contribution in [0.5, 0.6) is 5.75 Å². The summed E-state index contributed by atoms with van der Waals surface area (Å²) < 4.78 is 10.0. The SMILES string of the molecule is CCOC(=O)/C(C#N)=C\Nc1cc2c(cc(O)c3ccccc32)oc1=O. The molecule has 3 rings (SSSR count). The normalized spacial score (nSPS) is 11.3. The molecular weight excluding hydrogens is 336 g/mol. The Morgan fingerprint density at radius 3 is 2.73 bits per heavy atom. The van der Waals surface area contributed by atoms with E-state index in [1.54, 1.807) is 43.3 Å². The van der Waals surface area contributed by atoms with Crippen LogP contribution >= 0.6 is 0 Å². The van der Waals surface area contributed by atoms with Crippen molar-refractivity contribution in [1.29, 1.82) is 5.26 Å². The molecule has 0 saturated carbocycles. The molecule has 0 amide bonds. The summed E-state index contributed by atoms with van der Waals surface area (Å²) in [5, 5.41) is 23.6. The van der Waals surface area contributed by atoms with Crippen molar-refractivity contribution in [1.82, 2.24) is 0 Å². The molecule has 0 spiro atoms. The Morgan fingerprint density at radius 2 is 2.04 bits per heavy atom. The van der Waals surface area contributed by atoms with Gasteiger partial charge in [-0.1, -0.05) is 24.3 Å². The molecule has 0 aliphatic rings. The van der Waals surface area contributed by atoms with Crippen LogP contribution in [0, 0.1) is 11.3 Å². The minimum atomic E-state index is -0.789. The Hall–Kier alpha value is -3.79. The fourth-order valence-corrected chi connectivity index (χ4v) is 2.54. The van der Waals surface area contributed by atoms with E-state index in [0.717, 1.165) is 6.20 Å². The Balaban J connectivity index is 2.10. The first-order chi connectivity index (χ1) is 12.5. The molecule has 0 fully saturated rings. The van der Waals surface area contributed by atoms with Crippen molar-refractivity contribution in [3.05, 3.63) is 58.6 Å². The number of nitrogens with one attached hydrogen (secondary N) is 1. The standard InChI is InChI=1S/C19H14N2O5/c1-2-25-18(23)11(9-20)10-21-15-7-14-12-5-3-4-6-13(12)16(22)8-17(14)26-19(15)24/h3-8,10,21-22H,2H2,1H3/b11-10-. The van der Waals surface area contributed by atoms with Gasteiger partial charge in [-0.3, -0.25) is 0 Å². The molecule has 1 heterocycles. The summed E-state index contributed by atoms with van der Waals surface area (Å²) >= 11 is 0. The van der Waals surface area contributed by atoms with Gasteiger partial charge in [0.15, 0.2) is 5.57 Å². The number of anilines is 1. The van der Waals surface area contributed by atoms with Crippen molar-refractivity contribution in [2.45, 2.75) is 6.92 Å². The van der Waals surface area contributed by atoms with Crippen LogP contribution in [-0.2, 0) is 9.53 Å². The number of hydrogen-bond donors (Lipinski definition) is 2. The second-order valence-electron chi connectivity index (χ2n) is 5.34. The minimum absolute atomic E-state index is 0.00549. The van der Waals surface area contributed by atoms with Crippen LogP contribution in [0.3, 0.4) is 0 Å². The number of carbonyl (C=O) groups excluding carboxylic acids is 1. The van der Waals surface area contributed by atoms with Gasteiger partial charge in [0.1, 0.15) is 23.1 Å². The molecule has 7 heteroatoms. The van der Waals surface area contributed by atoms with Crippen LogP contribution in [0.15, 0.2) is 57.4 Å². The molecule has 0 aliphatic heterocycles. The molecule has 0 aliphatic carbocycles. The molecule has 1 aromatic heterocycles. The third-order valence-corrected chi connectivity index (χ3v) is 3.73. The quantitative estimate of drug-likeness (QED) is 0.244. The zero-order chi connectivity index (χ0) is 18.7. The maximum Gasteiger partial charge on any atom is 0.360 e. The molecule has 2 N–H and O–H groups in total. The third kappa shape index (κ3) is 3.08. The van der Waals surface area contributed by atoms with E-state index in [0.29, 0.717) is 16.2 Å². The first-order valence-electron chi connectivity index (χ1n) is 7.77. The van der Waals surface area contributed by atoms with Crippen molar-refractivity contribution >= 4 is 33.4 Å². The summed E-state index contributed by atoms with van der Waals surface area (Å²) in [7, 11) is 0. The van der Waals surface area contributed by atoms with Crippen molar-refractivity contribution in [3.8, 4) is 11.8 Å². The number of benzene rings is 2. The summed E-state index contributed by atoms with van der Waals surface area (Å²) in [6.45, 7) is 1.75. The summed E-state index contributed by atoms with van der Waals surface area (Å²) in [4.78, 5) is 23.8. The lowest BCUT2D eigenvalue weighted by Gasteiger charge is -2.07. The van der Waals surface area contributed by atoms with Gasteiger partial charge >= 0.3 is 11.6 Å². The second-order valence-corrected chi connectivity index (χ2v) is 5.34. The van der Waals surface area contributed by atoms with Crippen molar-refractivity contribution in [3.63, 3.8) is 0 Å². The van der Waals surface area contributed by atoms with E-state index in [1.165, 1.54) is 6.07 Å². The van der Waals surface area contributed by atoms with Crippen LogP contribution in [0.1, 0.15) is 6.92 Å². The molecule has 26 heavy (non-hydrogen) atoms. The molecule has 0 radical (unpaired) electrons. The van der Waals surface area contributed by atoms with Crippen molar-refractivity contribution < 1.29 is 19.1 Å². The number of carbonyl (C=O) groups is 1. The summed E-state index contributed by atoms with van der Waals surface area (Å²) in [6.07, 6.45) is 1.10. The molecule has 7 nitrogen and oxygen atoms in total. The van der Waals surface area contributed by atoms with Gasteiger partial charge < -0.3 is 19.6 Å². The van der Waals surface area contributed by atoms with E-state index in [4.69, 9.17) is 14.4 Å². The van der Waals surface area contributed by atoms with E-state index >= 15 is 0 Å². The predicted octanol–water partition coefficient (Wildman–Crippen LogP) is 3.03. The van der Waals surface area contributed by atoms with E-state index < -0.39 is 11.6 Å². The van der Waals surface area contributed by atoms with E-state index in [9.17, 15) is 14.7 Å². The third-order valence-electron chi connectivity index (χ3n) is 3.73. The fourth-order valence-electron chi connectivity index (χ4n) is 2.54. The molecule has 3 aromatic rings. The van der Waals surface area contributed by atoms with Crippen molar-refractivity contribution in [2.24, 2.45) is 0 Å². The Morgan fingerprint density at radius 1 is 1.31 bits per heavy atom. The monoisotopic (exact) mass is 350 g/mol. The maximum atomic E-state index is 12.1. The molecule has 0 saturated heterocycles. The van der Waals surface area contributed by atoms with Crippen LogP contribution in [-0.4, -0.2) is 17.7 Å². The summed E-state index contributed by atoms with van der Waals surface area (Å²) in [5.41, 5.74) is -0.705. The molecule has 2 aromatic carbocycles. The van der Waals surface area contributed by atoms with E-state index in [1.807, 2.05) is 0 Å². The zero-order valence-electron chi connectivity index (χ0n) is 13.8. The number of aromatic hydroxyl groups is 1. The van der Waals surface area contributed by atoms with Gasteiger partial charge in [0.25, 0.3) is 0 Å². The predicted molar refractivity (Wildman–Crippen MR) is 95.6 cm³/mol. The Bertz CT molecular complexity index is 1140. The van der Waals surface area contributed by atoms with Gasteiger partial charge in [-0.25, -0.2) is 9.59 Å². The van der Waals surface area contributed by atoms with Gasteiger partial charge in [0, 0.05) is 23.0 Å². The first kappa shape index (κ1) is 17.0. The highest BCUT2D eigenvalue weighted by Gasteiger charge is 2.13. The lowest BCUT2D eigenvalue weighted by Crippen LogP contribution is -2.10. The Labute approximate surface area is 147 Å². The molecular formula is C19H14N2O5. The van der Waals surface area contributed by atoms with Gasteiger partial charge in [-0.15, -0.1) is 0 Å². The van der Waals surface area contributed by atoms with Crippen LogP contribution in [0.4, 0.5) is 5.69 Å². The van der Waals surface area contributed by atoms with Gasteiger partial charge in [-0.2, -0.15) is 5.26 Å². The first-order valence-corrected chi connectivity index (χ1v) is 7.77. The summed E-state index contributed by atoms with van der Waals surface area (Å²) in [5.74, 6) is -0.783. The van der Waals surface area contributed by atoms with Gasteiger partial charge in [0.2, 0.25) is 0 Å². The largest absolute Gasteiger partial charge is 0.507 e. The highest BCUT2D eigenvalue weighted by molar-refractivity contribution is 6.09. The number of phenols is 1. The number of phenolic OH excluding ortho intramolecular Hbond substituents is 1. The van der Waals surface area contributed by atoms with Crippen LogP contribution in [0.25, 0.3) is 21.7 Å². The average molecular weight is 350 g/mol.